The zero-order valence-corrected chi connectivity index (χ0v) is 15.4. The molecule has 0 atom stereocenters. The molecule has 98 valence electrons. The van der Waals surface area contributed by atoms with Crippen LogP contribution < -0.4 is 0 Å². The van der Waals surface area contributed by atoms with Crippen LogP contribution in [0.25, 0.3) is 0 Å². The summed E-state index contributed by atoms with van der Waals surface area (Å²) in [5.74, 6) is 0. The first kappa shape index (κ1) is 16.7. The molecule has 0 aromatic carbocycles. The molecule has 4 heteroatoms. The zero-order valence-electron chi connectivity index (χ0n) is 12.5. The zero-order chi connectivity index (χ0) is 12.9. The molecule has 0 rings (SSSR count). The van der Waals surface area contributed by atoms with Crippen LogP contribution in [0.5, 0.6) is 0 Å². The molecule has 0 radical (unpaired) electrons. The van der Waals surface area contributed by atoms with Crippen LogP contribution in [0.2, 0.25) is 3.93 Å². The van der Waals surface area contributed by atoms with E-state index >= 15 is 0 Å². The molecule has 0 saturated carbocycles. The quantitative estimate of drug-likeness (QED) is 0.660. The Hall–Kier alpha value is 0.679. The predicted octanol–water partition coefficient (Wildman–Crippen LogP) is 2.19. The van der Waals surface area contributed by atoms with Gasteiger partial charge in [0, 0.05) is 0 Å². The van der Waals surface area contributed by atoms with Gasteiger partial charge < -0.3 is 0 Å². The summed E-state index contributed by atoms with van der Waals surface area (Å²) in [5.41, 5.74) is 0. The number of rotatable bonds is 7. The first-order valence-corrected chi connectivity index (χ1v) is 12.0. The maximum absolute atomic E-state index is 2.66. The molecule has 0 unspecified atom stereocenters. The summed E-state index contributed by atoms with van der Waals surface area (Å²) < 4.78 is 8.75. The van der Waals surface area contributed by atoms with Gasteiger partial charge in [-0.15, -0.1) is 0 Å². The third-order valence-corrected chi connectivity index (χ3v) is 20.6. The Kier molecular flexibility index (Phi) is 7.49. The van der Waals surface area contributed by atoms with Crippen LogP contribution in [-0.4, -0.2) is 69.3 Å². The molecular weight excluding hydrogens is 305 g/mol. The second-order valence-corrected chi connectivity index (χ2v) is 18.6. The molecule has 0 saturated heterocycles. The van der Waals surface area contributed by atoms with Crippen molar-refractivity contribution in [2.75, 3.05) is 40.8 Å². The maximum atomic E-state index is 2.66. The van der Waals surface area contributed by atoms with Crippen LogP contribution in [0.3, 0.4) is 0 Å². The summed E-state index contributed by atoms with van der Waals surface area (Å²) in [6, 6.07) is 0. The van der Waals surface area contributed by atoms with Crippen LogP contribution in [0, 0.1) is 0 Å². The average Bonchev–Trinajstić information content (AvgIpc) is 2.28. The standard InChI is InChI=1S/3C3H8N.C3H7.Sn/c3*1-3-4-2;1-3-2;/h3*3H2,1-2H3;3H,1-2H3;/q3*-1;;+3. The van der Waals surface area contributed by atoms with Crippen molar-refractivity contribution in [2.45, 2.75) is 38.6 Å². The topological polar surface area (TPSA) is 9.72 Å². The van der Waals surface area contributed by atoms with Crippen molar-refractivity contribution in [3.8, 4) is 0 Å². The molecule has 0 aromatic rings. The fourth-order valence-corrected chi connectivity index (χ4v) is 19.4. The molecule has 0 N–H and O–H groups in total. The van der Waals surface area contributed by atoms with E-state index in [0.717, 1.165) is 23.6 Å². The van der Waals surface area contributed by atoms with Crippen molar-refractivity contribution in [3.05, 3.63) is 0 Å². The van der Waals surface area contributed by atoms with Crippen LogP contribution in [0.15, 0.2) is 0 Å². The van der Waals surface area contributed by atoms with Crippen molar-refractivity contribution in [1.82, 2.24) is 9.36 Å². The van der Waals surface area contributed by atoms with E-state index in [1.54, 1.807) is 0 Å². The third kappa shape index (κ3) is 2.92. The van der Waals surface area contributed by atoms with Gasteiger partial charge >= 0.3 is 108 Å². The van der Waals surface area contributed by atoms with Crippen molar-refractivity contribution in [1.29, 1.82) is 0 Å². The van der Waals surface area contributed by atoms with Gasteiger partial charge in [0.1, 0.15) is 0 Å². The molecule has 0 spiro atoms. The molecule has 3 nitrogen and oxygen atoms in total. The summed E-state index contributed by atoms with van der Waals surface area (Å²) in [6.07, 6.45) is 0. The Bertz CT molecular complexity index is 170. The van der Waals surface area contributed by atoms with E-state index in [1.165, 1.54) is 0 Å². The van der Waals surface area contributed by atoms with E-state index in [1.807, 2.05) is 0 Å². The van der Waals surface area contributed by atoms with Gasteiger partial charge in [-0.3, -0.25) is 0 Å². The van der Waals surface area contributed by atoms with E-state index in [2.05, 4.69) is 65.1 Å². The molecule has 0 bridgehead atoms. The van der Waals surface area contributed by atoms with Gasteiger partial charge in [0.15, 0.2) is 0 Å². The SMILES string of the molecule is CC[N](C)[Sn]([CH](C)C)([N](C)CC)[N](C)CC. The van der Waals surface area contributed by atoms with Crippen molar-refractivity contribution in [3.63, 3.8) is 0 Å². The van der Waals surface area contributed by atoms with Crippen molar-refractivity contribution in [2.24, 2.45) is 0 Å². The number of nitrogens with zero attached hydrogens (tertiary/aromatic N) is 3. The van der Waals surface area contributed by atoms with E-state index in [-0.39, 0.29) is 0 Å². The predicted molar refractivity (Wildman–Crippen MR) is 75.8 cm³/mol. The summed E-state index contributed by atoms with van der Waals surface area (Å²) in [6.45, 7) is 15.1. The molecule has 16 heavy (non-hydrogen) atoms. The molecular formula is C12H31N3Sn. The van der Waals surface area contributed by atoms with E-state index in [4.69, 9.17) is 0 Å². The fraction of sp³-hybridized carbons (Fsp3) is 1.00. The Morgan fingerprint density at radius 1 is 0.750 bits per heavy atom. The van der Waals surface area contributed by atoms with Gasteiger partial charge in [-0.05, 0) is 0 Å². The molecule has 0 aliphatic rings. The summed E-state index contributed by atoms with van der Waals surface area (Å²) in [7, 11) is 6.94. The Morgan fingerprint density at radius 3 is 1.12 bits per heavy atom. The van der Waals surface area contributed by atoms with Gasteiger partial charge in [-0.2, -0.15) is 0 Å². The van der Waals surface area contributed by atoms with Gasteiger partial charge in [0.2, 0.25) is 0 Å². The molecule has 0 aliphatic carbocycles. The second-order valence-electron chi connectivity index (χ2n) is 4.88. The van der Waals surface area contributed by atoms with Crippen molar-refractivity contribution < 1.29 is 0 Å². The molecule has 0 heterocycles. The number of hydrogen-bond donors (Lipinski definition) is 0. The second kappa shape index (κ2) is 7.19. The summed E-state index contributed by atoms with van der Waals surface area (Å²) in [4.78, 5) is 0. The third-order valence-electron chi connectivity index (χ3n) is 3.88. The Balaban J connectivity index is 5.38. The minimum atomic E-state index is -2.56. The van der Waals surface area contributed by atoms with E-state index < -0.39 is 19.2 Å². The summed E-state index contributed by atoms with van der Waals surface area (Å²) >= 11 is -2.56. The van der Waals surface area contributed by atoms with E-state index in [9.17, 15) is 0 Å². The van der Waals surface area contributed by atoms with Gasteiger partial charge in [0.25, 0.3) is 0 Å². The van der Waals surface area contributed by atoms with Crippen LogP contribution in [0.1, 0.15) is 34.6 Å². The molecule has 0 aliphatic heterocycles. The first-order valence-electron chi connectivity index (χ1n) is 6.53. The molecule has 0 fully saturated rings. The van der Waals surface area contributed by atoms with Crippen molar-refractivity contribution >= 4 is 19.2 Å². The number of hydrogen-bond acceptors (Lipinski definition) is 3. The average molecular weight is 336 g/mol. The summed E-state index contributed by atoms with van der Waals surface area (Å²) in [5, 5.41) is 0. The first-order chi connectivity index (χ1) is 7.39. The van der Waals surface area contributed by atoms with Gasteiger partial charge in [0.05, 0.1) is 0 Å². The monoisotopic (exact) mass is 337 g/mol. The van der Waals surface area contributed by atoms with Crippen LogP contribution in [0.4, 0.5) is 0 Å². The Labute approximate surface area is 108 Å². The van der Waals surface area contributed by atoms with Gasteiger partial charge in [-0.1, -0.05) is 0 Å². The van der Waals surface area contributed by atoms with Crippen LogP contribution in [-0.2, 0) is 0 Å². The normalized spacial score (nSPS) is 13.5. The molecule has 0 aromatic heterocycles. The minimum absolute atomic E-state index is 0.772. The Morgan fingerprint density at radius 2 is 1.00 bits per heavy atom. The molecule has 0 amide bonds. The van der Waals surface area contributed by atoms with Crippen LogP contribution >= 0.6 is 0 Å². The van der Waals surface area contributed by atoms with Gasteiger partial charge in [-0.25, -0.2) is 0 Å². The fourth-order valence-electron chi connectivity index (χ4n) is 2.89. The van der Waals surface area contributed by atoms with E-state index in [0.29, 0.717) is 0 Å².